The van der Waals surface area contributed by atoms with E-state index >= 15 is 0 Å². The van der Waals surface area contributed by atoms with Crippen LogP contribution in [0.3, 0.4) is 0 Å². The van der Waals surface area contributed by atoms with Crippen molar-refractivity contribution in [1.82, 2.24) is 10.2 Å². The maximum atomic E-state index is 12.2. The number of aromatic nitrogens is 2. The van der Waals surface area contributed by atoms with Gasteiger partial charge >= 0.3 is 6.01 Å². The van der Waals surface area contributed by atoms with Crippen molar-refractivity contribution in [3.05, 3.63) is 59.2 Å². The van der Waals surface area contributed by atoms with Crippen molar-refractivity contribution < 1.29 is 13.9 Å². The summed E-state index contributed by atoms with van der Waals surface area (Å²) in [6.45, 7) is 3.96. The highest BCUT2D eigenvalue weighted by molar-refractivity contribution is 6.03. The van der Waals surface area contributed by atoms with E-state index in [1.807, 2.05) is 32.0 Å². The third-order valence-corrected chi connectivity index (χ3v) is 3.62. The van der Waals surface area contributed by atoms with Crippen molar-refractivity contribution in [2.75, 3.05) is 12.4 Å². The lowest BCUT2D eigenvalue weighted by atomic mass is 10.1. The van der Waals surface area contributed by atoms with Gasteiger partial charge in [-0.1, -0.05) is 22.8 Å². The molecule has 0 aliphatic heterocycles. The van der Waals surface area contributed by atoms with Crippen LogP contribution in [0.15, 0.2) is 46.9 Å². The standard InChI is InChI=1S/C18H17N3O3/c1-11-4-5-12(2)15(10-11)17-20-21-18(24-17)19-16(22)13-6-8-14(23-3)9-7-13/h4-10H,1-3H3,(H,19,21,22). The van der Waals surface area contributed by atoms with Gasteiger partial charge in [-0.3, -0.25) is 10.1 Å². The Hall–Kier alpha value is -3.15. The van der Waals surface area contributed by atoms with Gasteiger partial charge in [0.2, 0.25) is 5.89 Å². The van der Waals surface area contributed by atoms with Crippen molar-refractivity contribution in [2.24, 2.45) is 0 Å². The minimum atomic E-state index is -0.325. The Bertz CT molecular complexity index is 869. The number of amides is 1. The summed E-state index contributed by atoms with van der Waals surface area (Å²) in [5.41, 5.74) is 3.45. The predicted octanol–water partition coefficient (Wildman–Crippen LogP) is 3.61. The second-order valence-electron chi connectivity index (χ2n) is 5.41. The molecular formula is C18H17N3O3. The number of nitrogens with zero attached hydrogens (tertiary/aromatic N) is 2. The molecule has 1 amide bonds. The summed E-state index contributed by atoms with van der Waals surface area (Å²) in [6.07, 6.45) is 0. The number of methoxy groups -OCH3 is 1. The number of carbonyl (C=O) groups excluding carboxylic acids is 1. The molecule has 1 heterocycles. The van der Waals surface area contributed by atoms with Crippen LogP contribution in [0, 0.1) is 13.8 Å². The van der Waals surface area contributed by atoms with E-state index in [1.54, 1.807) is 31.4 Å². The normalized spacial score (nSPS) is 10.5. The zero-order valence-corrected chi connectivity index (χ0v) is 13.7. The second kappa shape index (κ2) is 6.54. The molecule has 0 saturated carbocycles. The molecule has 3 aromatic rings. The van der Waals surface area contributed by atoms with E-state index in [0.717, 1.165) is 16.7 Å². The Morgan fingerprint density at radius 2 is 1.83 bits per heavy atom. The minimum absolute atomic E-state index is 0.0618. The van der Waals surface area contributed by atoms with Gasteiger partial charge in [-0.05, 0) is 49.7 Å². The molecule has 122 valence electrons. The summed E-state index contributed by atoms with van der Waals surface area (Å²) in [5.74, 6) is 0.733. The van der Waals surface area contributed by atoms with Crippen molar-refractivity contribution in [1.29, 1.82) is 0 Å². The first-order chi connectivity index (χ1) is 11.6. The van der Waals surface area contributed by atoms with E-state index in [9.17, 15) is 4.79 Å². The molecule has 2 aromatic carbocycles. The molecule has 0 atom stereocenters. The molecule has 6 heteroatoms. The van der Waals surface area contributed by atoms with Gasteiger partial charge in [0.25, 0.3) is 5.91 Å². The zero-order chi connectivity index (χ0) is 17.1. The summed E-state index contributed by atoms with van der Waals surface area (Å²) < 4.78 is 10.6. The number of hydrogen-bond donors (Lipinski definition) is 1. The quantitative estimate of drug-likeness (QED) is 0.793. The molecule has 6 nitrogen and oxygen atoms in total. The Balaban J connectivity index is 1.78. The molecule has 0 spiro atoms. The lowest BCUT2D eigenvalue weighted by Gasteiger charge is -2.03. The number of hydrogen-bond acceptors (Lipinski definition) is 5. The average Bonchev–Trinajstić information content (AvgIpc) is 3.05. The number of rotatable bonds is 4. The molecular weight excluding hydrogens is 306 g/mol. The molecule has 3 rings (SSSR count). The first-order valence-electron chi connectivity index (χ1n) is 7.43. The number of ether oxygens (including phenoxy) is 1. The van der Waals surface area contributed by atoms with Crippen LogP contribution in [-0.2, 0) is 0 Å². The van der Waals surface area contributed by atoms with E-state index in [2.05, 4.69) is 15.5 Å². The third-order valence-electron chi connectivity index (χ3n) is 3.62. The van der Waals surface area contributed by atoms with Gasteiger partial charge in [0.1, 0.15) is 5.75 Å². The topological polar surface area (TPSA) is 77.2 Å². The van der Waals surface area contributed by atoms with Crippen molar-refractivity contribution >= 4 is 11.9 Å². The van der Waals surface area contributed by atoms with Crippen molar-refractivity contribution in [3.8, 4) is 17.2 Å². The predicted molar refractivity (Wildman–Crippen MR) is 90.2 cm³/mol. The molecule has 0 saturated heterocycles. The first-order valence-corrected chi connectivity index (χ1v) is 7.43. The summed E-state index contributed by atoms with van der Waals surface area (Å²) >= 11 is 0. The summed E-state index contributed by atoms with van der Waals surface area (Å²) in [5, 5.41) is 10.5. The van der Waals surface area contributed by atoms with Crippen molar-refractivity contribution in [2.45, 2.75) is 13.8 Å². The Morgan fingerprint density at radius 1 is 1.08 bits per heavy atom. The summed E-state index contributed by atoms with van der Waals surface area (Å²) in [6, 6.07) is 12.8. The molecule has 1 N–H and O–H groups in total. The minimum Gasteiger partial charge on any atom is -0.497 e. The molecule has 0 fully saturated rings. The number of benzene rings is 2. The molecule has 0 aliphatic rings. The molecule has 1 aromatic heterocycles. The number of anilines is 1. The smallest absolute Gasteiger partial charge is 0.322 e. The molecule has 0 radical (unpaired) electrons. The van der Waals surface area contributed by atoms with E-state index in [1.165, 1.54) is 0 Å². The number of nitrogens with one attached hydrogen (secondary N) is 1. The largest absolute Gasteiger partial charge is 0.497 e. The lowest BCUT2D eigenvalue weighted by Crippen LogP contribution is -2.11. The maximum Gasteiger partial charge on any atom is 0.322 e. The molecule has 24 heavy (non-hydrogen) atoms. The zero-order valence-electron chi connectivity index (χ0n) is 13.7. The van der Waals surface area contributed by atoms with Crippen LogP contribution >= 0.6 is 0 Å². The van der Waals surface area contributed by atoms with Gasteiger partial charge in [0.05, 0.1) is 7.11 Å². The van der Waals surface area contributed by atoms with Gasteiger partial charge in [-0.2, -0.15) is 0 Å². The highest BCUT2D eigenvalue weighted by Gasteiger charge is 2.14. The van der Waals surface area contributed by atoms with Crippen LogP contribution in [-0.4, -0.2) is 23.2 Å². The van der Waals surface area contributed by atoms with Crippen LogP contribution < -0.4 is 10.1 Å². The molecule has 0 unspecified atom stereocenters. The van der Waals surface area contributed by atoms with Crippen LogP contribution in [0.4, 0.5) is 6.01 Å². The fourth-order valence-electron chi connectivity index (χ4n) is 2.26. The Morgan fingerprint density at radius 3 is 2.54 bits per heavy atom. The highest BCUT2D eigenvalue weighted by Crippen LogP contribution is 2.24. The van der Waals surface area contributed by atoms with E-state index < -0.39 is 0 Å². The van der Waals surface area contributed by atoms with Gasteiger partial charge in [-0.25, -0.2) is 0 Å². The summed E-state index contributed by atoms with van der Waals surface area (Å²) in [4.78, 5) is 12.2. The second-order valence-corrected chi connectivity index (χ2v) is 5.41. The average molecular weight is 323 g/mol. The highest BCUT2D eigenvalue weighted by atomic mass is 16.5. The van der Waals surface area contributed by atoms with Gasteiger partial charge in [0, 0.05) is 11.1 Å². The van der Waals surface area contributed by atoms with Crippen molar-refractivity contribution in [3.63, 3.8) is 0 Å². The first kappa shape index (κ1) is 15.7. The number of carbonyl (C=O) groups is 1. The summed E-state index contributed by atoms with van der Waals surface area (Å²) in [7, 11) is 1.57. The van der Waals surface area contributed by atoms with Gasteiger partial charge in [0.15, 0.2) is 0 Å². The van der Waals surface area contributed by atoms with Crippen LogP contribution in [0.1, 0.15) is 21.5 Å². The van der Waals surface area contributed by atoms with E-state index in [4.69, 9.17) is 9.15 Å². The van der Waals surface area contributed by atoms with Crippen LogP contribution in [0.2, 0.25) is 0 Å². The maximum absolute atomic E-state index is 12.2. The number of aryl methyl sites for hydroxylation is 2. The fraction of sp³-hybridized carbons (Fsp3) is 0.167. The molecule has 0 aliphatic carbocycles. The van der Waals surface area contributed by atoms with Gasteiger partial charge < -0.3 is 9.15 Å². The SMILES string of the molecule is COc1ccc(C(=O)Nc2nnc(-c3cc(C)ccc3C)o2)cc1. The molecule has 0 bridgehead atoms. The van der Waals surface area contributed by atoms with Crippen LogP contribution in [0.25, 0.3) is 11.5 Å². The van der Waals surface area contributed by atoms with Crippen LogP contribution in [0.5, 0.6) is 5.75 Å². The fourth-order valence-corrected chi connectivity index (χ4v) is 2.26. The third kappa shape index (κ3) is 3.27. The van der Waals surface area contributed by atoms with E-state index in [0.29, 0.717) is 17.2 Å². The van der Waals surface area contributed by atoms with Gasteiger partial charge in [-0.15, -0.1) is 5.10 Å². The monoisotopic (exact) mass is 323 g/mol. The Kier molecular flexibility index (Phi) is 4.29. The lowest BCUT2D eigenvalue weighted by molar-refractivity contribution is 0.102. The Labute approximate surface area is 139 Å². The van der Waals surface area contributed by atoms with E-state index in [-0.39, 0.29) is 11.9 Å².